The minimum Gasteiger partial charge on any atom is -0.495 e. The predicted octanol–water partition coefficient (Wildman–Crippen LogP) is 4.01. The van der Waals surface area contributed by atoms with Crippen molar-refractivity contribution < 1.29 is 9.13 Å². The van der Waals surface area contributed by atoms with Crippen molar-refractivity contribution in [3.63, 3.8) is 0 Å². The van der Waals surface area contributed by atoms with Crippen LogP contribution in [0.2, 0.25) is 5.02 Å². The summed E-state index contributed by atoms with van der Waals surface area (Å²) >= 11 is 11.6. The minimum absolute atomic E-state index is 0.219. The highest BCUT2D eigenvalue weighted by Gasteiger charge is 2.20. The summed E-state index contributed by atoms with van der Waals surface area (Å²) in [6.07, 6.45) is 0. The van der Waals surface area contributed by atoms with Gasteiger partial charge < -0.3 is 19.9 Å². The van der Waals surface area contributed by atoms with Crippen molar-refractivity contribution in [2.24, 2.45) is 0 Å². The Hall–Kier alpha value is -2.05. The molecule has 7 heteroatoms. The van der Waals surface area contributed by atoms with E-state index in [1.165, 1.54) is 12.1 Å². The average Bonchev–Trinajstić information content (AvgIpc) is 2.63. The molecule has 0 spiro atoms. The van der Waals surface area contributed by atoms with E-state index in [2.05, 4.69) is 15.1 Å². The molecular weight excluding hydrogens is 361 g/mol. The van der Waals surface area contributed by atoms with Gasteiger partial charge in [0.2, 0.25) is 0 Å². The number of methoxy groups -OCH3 is 1. The van der Waals surface area contributed by atoms with Crippen LogP contribution in [-0.4, -0.2) is 43.3 Å². The van der Waals surface area contributed by atoms with Gasteiger partial charge in [-0.1, -0.05) is 11.6 Å². The summed E-state index contributed by atoms with van der Waals surface area (Å²) in [6, 6.07) is 12.0. The molecule has 0 bridgehead atoms. The molecule has 25 heavy (non-hydrogen) atoms. The number of piperazine rings is 1. The summed E-state index contributed by atoms with van der Waals surface area (Å²) in [5.41, 5.74) is 1.78. The first kappa shape index (κ1) is 17.8. The second-order valence-electron chi connectivity index (χ2n) is 5.73. The Bertz CT molecular complexity index is 748. The molecule has 0 radical (unpaired) electrons. The lowest BCUT2D eigenvalue weighted by molar-refractivity contribution is 0.390. The fourth-order valence-corrected chi connectivity index (χ4v) is 3.26. The molecule has 2 aromatic rings. The van der Waals surface area contributed by atoms with E-state index in [9.17, 15) is 4.39 Å². The average molecular weight is 380 g/mol. The van der Waals surface area contributed by atoms with Gasteiger partial charge in [0.15, 0.2) is 5.11 Å². The van der Waals surface area contributed by atoms with Gasteiger partial charge in [-0.15, -0.1) is 0 Å². The summed E-state index contributed by atoms with van der Waals surface area (Å²) in [7, 11) is 1.61. The third-order valence-electron chi connectivity index (χ3n) is 4.16. The van der Waals surface area contributed by atoms with Gasteiger partial charge in [-0.05, 0) is 54.7 Å². The maximum Gasteiger partial charge on any atom is 0.173 e. The minimum atomic E-state index is -0.219. The van der Waals surface area contributed by atoms with Crippen molar-refractivity contribution in [1.82, 2.24) is 4.90 Å². The van der Waals surface area contributed by atoms with E-state index in [0.717, 1.165) is 37.6 Å². The predicted molar refractivity (Wildman–Crippen MR) is 104 cm³/mol. The van der Waals surface area contributed by atoms with Gasteiger partial charge in [0.1, 0.15) is 11.6 Å². The molecule has 0 amide bonds. The Morgan fingerprint density at radius 3 is 2.44 bits per heavy atom. The fourth-order valence-electron chi connectivity index (χ4n) is 2.79. The van der Waals surface area contributed by atoms with Gasteiger partial charge in [-0.2, -0.15) is 0 Å². The van der Waals surface area contributed by atoms with Crippen LogP contribution in [0.15, 0.2) is 42.5 Å². The highest BCUT2D eigenvalue weighted by molar-refractivity contribution is 7.80. The van der Waals surface area contributed by atoms with Crippen LogP contribution >= 0.6 is 23.8 Å². The Morgan fingerprint density at radius 2 is 1.80 bits per heavy atom. The van der Waals surface area contributed by atoms with Gasteiger partial charge in [-0.25, -0.2) is 4.39 Å². The molecule has 1 heterocycles. The molecule has 0 aliphatic carbocycles. The molecular formula is C18H19ClFN3OS. The summed E-state index contributed by atoms with van der Waals surface area (Å²) < 4.78 is 18.4. The molecule has 4 nitrogen and oxygen atoms in total. The van der Waals surface area contributed by atoms with Gasteiger partial charge >= 0.3 is 0 Å². The van der Waals surface area contributed by atoms with E-state index < -0.39 is 0 Å². The lowest BCUT2D eigenvalue weighted by atomic mass is 10.2. The highest BCUT2D eigenvalue weighted by Crippen LogP contribution is 2.28. The van der Waals surface area contributed by atoms with Crippen molar-refractivity contribution in [1.29, 1.82) is 0 Å². The summed E-state index contributed by atoms with van der Waals surface area (Å²) in [5, 5.41) is 4.47. The molecule has 1 N–H and O–H groups in total. The first-order chi connectivity index (χ1) is 12.1. The molecule has 2 aromatic carbocycles. The number of thiocarbonyl (C=S) groups is 1. The second-order valence-corrected chi connectivity index (χ2v) is 6.55. The lowest BCUT2D eigenvalue weighted by Crippen LogP contribution is -2.50. The molecule has 3 rings (SSSR count). The summed E-state index contributed by atoms with van der Waals surface area (Å²) in [5.74, 6) is 0.472. The van der Waals surface area contributed by atoms with E-state index in [0.29, 0.717) is 15.9 Å². The second kappa shape index (κ2) is 7.89. The van der Waals surface area contributed by atoms with Crippen LogP contribution in [0.25, 0.3) is 0 Å². The fraction of sp³-hybridized carbons (Fsp3) is 0.278. The third-order valence-corrected chi connectivity index (χ3v) is 4.76. The molecule has 132 valence electrons. The van der Waals surface area contributed by atoms with Gasteiger partial charge in [0.25, 0.3) is 0 Å². The van der Waals surface area contributed by atoms with Crippen LogP contribution in [0, 0.1) is 5.82 Å². The zero-order valence-electron chi connectivity index (χ0n) is 13.8. The van der Waals surface area contributed by atoms with Crippen LogP contribution in [0.5, 0.6) is 5.75 Å². The van der Waals surface area contributed by atoms with E-state index in [1.807, 2.05) is 0 Å². The number of nitrogens with zero attached hydrogens (tertiary/aromatic N) is 2. The smallest absolute Gasteiger partial charge is 0.173 e. The number of anilines is 2. The maximum absolute atomic E-state index is 13.0. The van der Waals surface area contributed by atoms with Crippen LogP contribution in [-0.2, 0) is 0 Å². The largest absolute Gasteiger partial charge is 0.495 e. The Balaban J connectivity index is 1.60. The molecule has 0 atom stereocenters. The van der Waals surface area contributed by atoms with Gasteiger partial charge in [0, 0.05) is 36.9 Å². The summed E-state index contributed by atoms with van der Waals surface area (Å²) in [4.78, 5) is 4.33. The zero-order valence-corrected chi connectivity index (χ0v) is 15.4. The van der Waals surface area contributed by atoms with Crippen LogP contribution in [0.4, 0.5) is 15.8 Å². The first-order valence-corrected chi connectivity index (χ1v) is 8.75. The number of halogens is 2. The van der Waals surface area contributed by atoms with Crippen LogP contribution in [0.1, 0.15) is 0 Å². The van der Waals surface area contributed by atoms with Crippen molar-refractivity contribution in [3.8, 4) is 5.75 Å². The molecule has 1 aliphatic heterocycles. The normalized spacial score (nSPS) is 14.4. The number of benzene rings is 2. The molecule has 1 aliphatic rings. The summed E-state index contributed by atoms with van der Waals surface area (Å²) in [6.45, 7) is 3.21. The van der Waals surface area contributed by atoms with Crippen molar-refractivity contribution >= 4 is 40.3 Å². The Labute approximate surface area is 157 Å². The molecule has 1 saturated heterocycles. The van der Waals surface area contributed by atoms with E-state index in [-0.39, 0.29) is 5.82 Å². The van der Waals surface area contributed by atoms with Crippen LogP contribution in [0.3, 0.4) is 0 Å². The van der Waals surface area contributed by atoms with Crippen molar-refractivity contribution in [3.05, 3.63) is 53.3 Å². The number of rotatable bonds is 3. The zero-order chi connectivity index (χ0) is 17.8. The van der Waals surface area contributed by atoms with Crippen molar-refractivity contribution in [2.45, 2.75) is 0 Å². The van der Waals surface area contributed by atoms with E-state index >= 15 is 0 Å². The number of nitrogens with one attached hydrogen (secondary N) is 1. The number of hydrogen-bond donors (Lipinski definition) is 1. The highest BCUT2D eigenvalue weighted by atomic mass is 35.5. The first-order valence-electron chi connectivity index (χ1n) is 7.97. The third kappa shape index (κ3) is 4.32. The van der Waals surface area contributed by atoms with Crippen molar-refractivity contribution in [2.75, 3.05) is 43.5 Å². The standard InChI is InChI=1S/C18H19ClFN3OS/c1-24-17-7-2-13(19)12-16(17)21-18(25)23-10-8-22(9-11-23)15-5-3-14(20)4-6-15/h2-7,12H,8-11H2,1H3,(H,21,25). The quantitative estimate of drug-likeness (QED) is 0.813. The molecule has 0 aromatic heterocycles. The van der Waals surface area contributed by atoms with Gasteiger partial charge in [0.05, 0.1) is 12.8 Å². The molecule has 0 saturated carbocycles. The topological polar surface area (TPSA) is 27.7 Å². The number of ether oxygens (including phenoxy) is 1. The Kier molecular flexibility index (Phi) is 5.60. The van der Waals surface area contributed by atoms with Gasteiger partial charge in [-0.3, -0.25) is 0 Å². The Morgan fingerprint density at radius 1 is 1.12 bits per heavy atom. The number of hydrogen-bond acceptors (Lipinski definition) is 3. The van der Waals surface area contributed by atoms with Crippen LogP contribution < -0.4 is 15.0 Å². The monoisotopic (exact) mass is 379 g/mol. The van der Waals surface area contributed by atoms with E-state index in [1.54, 1.807) is 37.4 Å². The molecule has 0 unspecified atom stereocenters. The SMILES string of the molecule is COc1ccc(Cl)cc1NC(=S)N1CCN(c2ccc(F)cc2)CC1. The lowest BCUT2D eigenvalue weighted by Gasteiger charge is -2.37. The maximum atomic E-state index is 13.0. The molecule has 1 fully saturated rings. The van der Waals surface area contributed by atoms with E-state index in [4.69, 9.17) is 28.6 Å².